The zero-order chi connectivity index (χ0) is 33.9. The van der Waals surface area contributed by atoms with Gasteiger partial charge in [0, 0.05) is 46.0 Å². The number of anilines is 4. The lowest BCUT2D eigenvalue weighted by Crippen LogP contribution is -2.23. The van der Waals surface area contributed by atoms with E-state index in [1.807, 2.05) is 6.20 Å². The second-order valence-electron chi connectivity index (χ2n) is 15.0. The molecule has 1 aliphatic rings. The van der Waals surface area contributed by atoms with Crippen molar-refractivity contribution >= 4 is 44.6 Å². The van der Waals surface area contributed by atoms with Crippen molar-refractivity contribution in [1.82, 2.24) is 9.55 Å². The summed E-state index contributed by atoms with van der Waals surface area (Å²) < 4.78 is 9.22. The van der Waals surface area contributed by atoms with Crippen molar-refractivity contribution in [2.45, 2.75) is 52.4 Å². The molecule has 0 amide bonds. The molecule has 5 nitrogen and oxygen atoms in total. The van der Waals surface area contributed by atoms with E-state index in [0.717, 1.165) is 39.6 Å². The van der Waals surface area contributed by atoms with Crippen LogP contribution in [0.1, 0.15) is 52.7 Å². The molecule has 1 aliphatic heterocycles. The molecule has 0 N–H and O–H groups in total. The van der Waals surface area contributed by atoms with Crippen LogP contribution in [0.5, 0.6) is 11.5 Å². The quantitative estimate of drug-likeness (QED) is 0.187. The van der Waals surface area contributed by atoms with Crippen LogP contribution in [0, 0.1) is 0 Å². The van der Waals surface area contributed by atoms with Crippen LogP contribution < -0.4 is 14.5 Å². The van der Waals surface area contributed by atoms with Gasteiger partial charge < -0.3 is 14.5 Å². The van der Waals surface area contributed by atoms with Crippen molar-refractivity contribution in [3.8, 4) is 17.3 Å². The summed E-state index contributed by atoms with van der Waals surface area (Å²) in [7, 11) is 0. The average Bonchev–Trinajstić information content (AvgIpc) is 3.64. The lowest BCUT2D eigenvalue weighted by molar-refractivity contribution is 0.456. The molecule has 0 bridgehead atoms. The normalized spacial score (nSPS) is 13.3. The van der Waals surface area contributed by atoms with Gasteiger partial charge in [-0.2, -0.15) is 0 Å². The molecule has 0 saturated heterocycles. The van der Waals surface area contributed by atoms with Crippen LogP contribution in [0.15, 0.2) is 134 Å². The number of para-hydroxylation sites is 4. The molecule has 0 fully saturated rings. The van der Waals surface area contributed by atoms with Gasteiger partial charge in [0.15, 0.2) is 0 Å². The van der Waals surface area contributed by atoms with Gasteiger partial charge >= 0.3 is 0 Å². The van der Waals surface area contributed by atoms with Crippen LogP contribution in [-0.4, -0.2) is 16.2 Å². The summed E-state index contributed by atoms with van der Waals surface area (Å²) in [5, 5.41) is 2.40. The fraction of sp³-hybridized carbons (Fsp3) is 0.205. The van der Waals surface area contributed by atoms with E-state index in [4.69, 9.17) is 9.72 Å². The minimum atomic E-state index is -0.154. The second kappa shape index (κ2) is 11.6. The summed E-state index contributed by atoms with van der Waals surface area (Å²) in [4.78, 5) is 9.61. The largest absolute Gasteiger partial charge is 0.457 e. The van der Waals surface area contributed by atoms with Gasteiger partial charge in [-0.05, 0) is 77.1 Å². The van der Waals surface area contributed by atoms with Gasteiger partial charge in [0.05, 0.1) is 22.4 Å². The van der Waals surface area contributed by atoms with Crippen molar-refractivity contribution in [1.29, 1.82) is 0 Å². The van der Waals surface area contributed by atoms with E-state index in [1.165, 1.54) is 33.4 Å². The standard InChI is InChI=1S/C44H42N4O/c1-43(2,3)30-23-24-45-42(25-30)48-37-20-11-10-19-34(37)35-27-36(44(4,5)6)41(28-40(35)48)49-33-18-14-17-32(26-33)47-29-46(31-15-8-7-9-16-31)38-21-12-13-22-39(38)47/h7-28H,29H2,1-6H3. The van der Waals surface area contributed by atoms with Gasteiger partial charge in [-0.1, -0.05) is 96.1 Å². The molecule has 8 rings (SSSR count). The Balaban J connectivity index is 1.24. The molecule has 0 spiro atoms. The Bertz CT molecular complexity index is 2320. The first kappa shape index (κ1) is 30.8. The van der Waals surface area contributed by atoms with Gasteiger partial charge in [-0.15, -0.1) is 0 Å². The highest BCUT2D eigenvalue weighted by atomic mass is 16.5. The Kier molecular flexibility index (Phi) is 7.25. The lowest BCUT2D eigenvalue weighted by Gasteiger charge is -2.25. The fourth-order valence-corrected chi connectivity index (χ4v) is 7.03. The van der Waals surface area contributed by atoms with Crippen molar-refractivity contribution in [3.05, 3.63) is 145 Å². The molecule has 0 radical (unpaired) electrons. The highest BCUT2D eigenvalue weighted by Gasteiger charge is 2.29. The second-order valence-corrected chi connectivity index (χ2v) is 15.0. The predicted octanol–water partition coefficient (Wildman–Crippen LogP) is 11.8. The van der Waals surface area contributed by atoms with E-state index in [-0.39, 0.29) is 10.8 Å². The molecule has 5 heteroatoms. The average molecular weight is 643 g/mol. The third kappa shape index (κ3) is 5.49. The Morgan fingerprint density at radius 1 is 0.571 bits per heavy atom. The fourth-order valence-electron chi connectivity index (χ4n) is 7.03. The molecule has 7 aromatic rings. The number of pyridine rings is 1. The highest BCUT2D eigenvalue weighted by Crippen LogP contribution is 2.46. The van der Waals surface area contributed by atoms with E-state index < -0.39 is 0 Å². The Morgan fingerprint density at radius 2 is 1.24 bits per heavy atom. The first-order chi connectivity index (χ1) is 23.6. The number of hydrogen-bond acceptors (Lipinski definition) is 4. The number of nitrogens with zero attached hydrogens (tertiary/aromatic N) is 4. The minimum absolute atomic E-state index is 0.00310. The molecule has 244 valence electrons. The smallest absolute Gasteiger partial charge is 0.137 e. The number of rotatable bonds is 5. The van der Waals surface area contributed by atoms with Crippen molar-refractivity contribution < 1.29 is 4.74 Å². The number of benzene rings is 5. The Morgan fingerprint density at radius 3 is 1.98 bits per heavy atom. The Hall–Kier alpha value is -5.55. The van der Waals surface area contributed by atoms with Crippen LogP contribution in [0.3, 0.4) is 0 Å². The van der Waals surface area contributed by atoms with Crippen LogP contribution in [0.2, 0.25) is 0 Å². The topological polar surface area (TPSA) is 33.5 Å². The van der Waals surface area contributed by atoms with E-state index in [2.05, 4.69) is 183 Å². The third-order valence-electron chi connectivity index (χ3n) is 9.59. The maximum atomic E-state index is 6.93. The van der Waals surface area contributed by atoms with Crippen LogP contribution in [0.4, 0.5) is 22.7 Å². The summed E-state index contributed by atoms with van der Waals surface area (Å²) in [5.74, 6) is 2.56. The van der Waals surface area contributed by atoms with Crippen molar-refractivity contribution in [3.63, 3.8) is 0 Å². The van der Waals surface area contributed by atoms with Gasteiger partial charge in [0.1, 0.15) is 24.0 Å². The number of hydrogen-bond donors (Lipinski definition) is 0. The number of aromatic nitrogens is 2. The molecule has 3 heterocycles. The minimum Gasteiger partial charge on any atom is -0.457 e. The molecule has 0 saturated carbocycles. The van der Waals surface area contributed by atoms with Crippen LogP contribution in [0.25, 0.3) is 27.6 Å². The summed E-state index contributed by atoms with van der Waals surface area (Å²) in [5.41, 5.74) is 9.08. The van der Waals surface area contributed by atoms with Gasteiger partial charge in [0.2, 0.25) is 0 Å². The molecule has 5 aromatic carbocycles. The molecular formula is C44H42N4O. The zero-order valence-electron chi connectivity index (χ0n) is 29.1. The number of ether oxygens (including phenoxy) is 1. The number of fused-ring (bicyclic) bond motifs is 4. The SMILES string of the molecule is CC(C)(C)c1ccnc(-n2c3ccccc3c3cc(C(C)(C)C)c(Oc4cccc(N5CN(c6ccccc6)c6ccccc65)c4)cc32)c1. The maximum Gasteiger partial charge on any atom is 0.137 e. The van der Waals surface area contributed by atoms with E-state index in [1.54, 1.807) is 0 Å². The monoisotopic (exact) mass is 642 g/mol. The van der Waals surface area contributed by atoms with E-state index in [9.17, 15) is 0 Å². The third-order valence-corrected chi connectivity index (χ3v) is 9.59. The molecule has 0 unspecified atom stereocenters. The van der Waals surface area contributed by atoms with Gasteiger partial charge in [0.25, 0.3) is 0 Å². The zero-order valence-corrected chi connectivity index (χ0v) is 29.1. The van der Waals surface area contributed by atoms with E-state index in [0.29, 0.717) is 6.67 Å². The van der Waals surface area contributed by atoms with E-state index >= 15 is 0 Å². The predicted molar refractivity (Wildman–Crippen MR) is 205 cm³/mol. The summed E-state index contributed by atoms with van der Waals surface area (Å²) in [6, 6.07) is 45.2. The van der Waals surface area contributed by atoms with Gasteiger partial charge in [-0.3, -0.25) is 4.57 Å². The molecule has 49 heavy (non-hydrogen) atoms. The molecule has 0 aliphatic carbocycles. The van der Waals surface area contributed by atoms with Gasteiger partial charge in [-0.25, -0.2) is 4.98 Å². The highest BCUT2D eigenvalue weighted by molar-refractivity contribution is 6.10. The first-order valence-electron chi connectivity index (χ1n) is 17.1. The van der Waals surface area contributed by atoms with Crippen LogP contribution >= 0.6 is 0 Å². The Labute approximate surface area is 289 Å². The summed E-state index contributed by atoms with van der Waals surface area (Å²) in [6.45, 7) is 14.2. The lowest BCUT2D eigenvalue weighted by atomic mass is 9.85. The molecule has 0 atom stereocenters. The van der Waals surface area contributed by atoms with Crippen molar-refractivity contribution in [2.75, 3.05) is 16.5 Å². The summed E-state index contributed by atoms with van der Waals surface area (Å²) >= 11 is 0. The van der Waals surface area contributed by atoms with Crippen LogP contribution in [-0.2, 0) is 10.8 Å². The molecular weight excluding hydrogens is 601 g/mol. The van der Waals surface area contributed by atoms with Crippen molar-refractivity contribution in [2.24, 2.45) is 0 Å². The maximum absolute atomic E-state index is 6.93. The first-order valence-corrected chi connectivity index (χ1v) is 17.1. The summed E-state index contributed by atoms with van der Waals surface area (Å²) in [6.07, 6.45) is 1.93. The molecule has 2 aromatic heterocycles.